The largest absolute Gasteiger partial charge is 0.486 e. The fourth-order valence-corrected chi connectivity index (χ4v) is 5.23. The monoisotopic (exact) mass is 323 g/mol. The average molecular weight is 323 g/mol. The number of benzene rings is 1. The third kappa shape index (κ3) is 2.58. The first-order chi connectivity index (χ1) is 10.6. The second-order valence-corrected chi connectivity index (χ2v) is 8.36. The van der Waals surface area contributed by atoms with Gasteiger partial charge in [-0.05, 0) is 49.1 Å². The maximum absolute atomic E-state index is 12.5. The van der Waals surface area contributed by atoms with Crippen molar-refractivity contribution in [3.63, 3.8) is 0 Å². The molecule has 1 aromatic rings. The molecule has 2 fully saturated rings. The molecule has 6 heteroatoms. The van der Waals surface area contributed by atoms with Crippen LogP contribution < -0.4 is 14.2 Å². The molecule has 1 aromatic carbocycles. The van der Waals surface area contributed by atoms with Gasteiger partial charge in [0, 0.05) is 12.6 Å². The molecule has 0 saturated heterocycles. The molecule has 2 saturated carbocycles. The fourth-order valence-electron chi connectivity index (χ4n) is 4.12. The van der Waals surface area contributed by atoms with Crippen LogP contribution in [0.3, 0.4) is 0 Å². The predicted molar refractivity (Wildman–Crippen MR) is 81.6 cm³/mol. The van der Waals surface area contributed by atoms with Gasteiger partial charge in [0.2, 0.25) is 10.0 Å². The van der Waals surface area contributed by atoms with Gasteiger partial charge in [0.1, 0.15) is 13.2 Å². The van der Waals surface area contributed by atoms with E-state index in [1.165, 1.54) is 25.7 Å². The van der Waals surface area contributed by atoms with Gasteiger partial charge in [-0.2, -0.15) is 0 Å². The maximum Gasteiger partial charge on any atom is 0.240 e. The highest BCUT2D eigenvalue weighted by Gasteiger charge is 2.39. The molecule has 5 nitrogen and oxygen atoms in total. The van der Waals surface area contributed by atoms with Gasteiger partial charge < -0.3 is 9.47 Å². The summed E-state index contributed by atoms with van der Waals surface area (Å²) >= 11 is 0. The highest BCUT2D eigenvalue weighted by Crippen LogP contribution is 2.48. The normalized spacial score (nSPS) is 29.7. The molecule has 0 radical (unpaired) electrons. The standard InChI is InChI=1S/C16H21NO4S/c18-22(19,17-10-13-8-11-1-2-12(13)7-11)14-3-4-15-16(9-14)21-6-5-20-15/h3-4,9,11-13,17H,1-2,5-8,10H2/t11-,12+,13+/m0/s1. The van der Waals surface area contributed by atoms with Crippen molar-refractivity contribution in [1.82, 2.24) is 4.72 Å². The Morgan fingerprint density at radius 1 is 1.09 bits per heavy atom. The van der Waals surface area contributed by atoms with Crippen LogP contribution in [0.5, 0.6) is 11.5 Å². The molecule has 120 valence electrons. The van der Waals surface area contributed by atoms with E-state index in [4.69, 9.17) is 9.47 Å². The van der Waals surface area contributed by atoms with E-state index in [-0.39, 0.29) is 4.90 Å². The van der Waals surface area contributed by atoms with Crippen molar-refractivity contribution < 1.29 is 17.9 Å². The molecule has 0 amide bonds. The molecule has 4 rings (SSSR count). The molecular formula is C16H21NO4S. The van der Waals surface area contributed by atoms with E-state index in [0.717, 1.165) is 5.92 Å². The van der Waals surface area contributed by atoms with E-state index < -0.39 is 10.0 Å². The van der Waals surface area contributed by atoms with Gasteiger partial charge >= 0.3 is 0 Å². The van der Waals surface area contributed by atoms with Gasteiger partial charge in [-0.1, -0.05) is 6.42 Å². The third-order valence-corrected chi connectivity index (χ3v) is 6.67. The maximum atomic E-state index is 12.5. The number of nitrogens with one attached hydrogen (secondary N) is 1. The molecule has 3 aliphatic rings. The Balaban J connectivity index is 1.46. The molecule has 1 N–H and O–H groups in total. The fraction of sp³-hybridized carbons (Fsp3) is 0.625. The Morgan fingerprint density at radius 2 is 1.91 bits per heavy atom. The Hall–Kier alpha value is -1.27. The molecule has 2 bridgehead atoms. The average Bonchev–Trinajstić information content (AvgIpc) is 3.15. The van der Waals surface area contributed by atoms with E-state index in [2.05, 4.69) is 4.72 Å². The minimum absolute atomic E-state index is 0.250. The number of hydrogen-bond donors (Lipinski definition) is 1. The van der Waals surface area contributed by atoms with Gasteiger partial charge in [-0.3, -0.25) is 0 Å². The summed E-state index contributed by atoms with van der Waals surface area (Å²) < 4.78 is 38.6. The molecular weight excluding hydrogens is 302 g/mol. The van der Waals surface area contributed by atoms with Crippen molar-refractivity contribution in [3.05, 3.63) is 18.2 Å². The summed E-state index contributed by atoms with van der Waals surface area (Å²) in [5, 5.41) is 0. The minimum Gasteiger partial charge on any atom is -0.486 e. The second kappa shape index (κ2) is 5.42. The molecule has 0 unspecified atom stereocenters. The van der Waals surface area contributed by atoms with Crippen LogP contribution in [0.1, 0.15) is 25.7 Å². The van der Waals surface area contributed by atoms with Gasteiger partial charge in [0.15, 0.2) is 11.5 Å². The zero-order valence-corrected chi connectivity index (χ0v) is 13.3. The quantitative estimate of drug-likeness (QED) is 0.922. The topological polar surface area (TPSA) is 64.6 Å². The smallest absolute Gasteiger partial charge is 0.240 e. The SMILES string of the molecule is O=S(=O)(NC[C@H]1C[C@H]2CC[C@@H]1C2)c1ccc2c(c1)OCCO2. The highest BCUT2D eigenvalue weighted by molar-refractivity contribution is 7.89. The van der Waals surface area contributed by atoms with Crippen LogP contribution in [0.25, 0.3) is 0 Å². The molecule has 0 spiro atoms. The number of ether oxygens (including phenoxy) is 2. The van der Waals surface area contributed by atoms with Crippen molar-refractivity contribution in [2.45, 2.75) is 30.6 Å². The summed E-state index contributed by atoms with van der Waals surface area (Å²) in [6, 6.07) is 4.80. The van der Waals surface area contributed by atoms with Crippen molar-refractivity contribution in [3.8, 4) is 11.5 Å². The van der Waals surface area contributed by atoms with Crippen LogP contribution in [0, 0.1) is 17.8 Å². The number of rotatable bonds is 4. The minimum atomic E-state index is -3.48. The lowest BCUT2D eigenvalue weighted by atomic mass is 9.89. The van der Waals surface area contributed by atoms with Crippen LogP contribution in [-0.4, -0.2) is 28.2 Å². The Bertz CT molecular complexity index is 673. The number of sulfonamides is 1. The number of hydrogen-bond acceptors (Lipinski definition) is 4. The van der Waals surface area contributed by atoms with Crippen LogP contribution in [-0.2, 0) is 10.0 Å². The summed E-state index contributed by atoms with van der Waals surface area (Å²) in [5.74, 6) is 3.17. The Kier molecular flexibility index (Phi) is 3.53. The highest BCUT2D eigenvalue weighted by atomic mass is 32.2. The molecule has 22 heavy (non-hydrogen) atoms. The summed E-state index contributed by atoms with van der Waals surface area (Å²) in [6.45, 7) is 1.51. The first-order valence-corrected chi connectivity index (χ1v) is 9.49. The molecule has 3 atom stereocenters. The van der Waals surface area contributed by atoms with Crippen molar-refractivity contribution in [2.75, 3.05) is 19.8 Å². The van der Waals surface area contributed by atoms with Crippen LogP contribution in [0.15, 0.2) is 23.1 Å². The first kappa shape index (κ1) is 14.3. The van der Waals surface area contributed by atoms with E-state index >= 15 is 0 Å². The van der Waals surface area contributed by atoms with E-state index in [0.29, 0.717) is 43.1 Å². The molecule has 1 heterocycles. The lowest BCUT2D eigenvalue weighted by Crippen LogP contribution is -2.31. The van der Waals surface area contributed by atoms with Gasteiger partial charge in [-0.15, -0.1) is 0 Å². The lowest BCUT2D eigenvalue weighted by molar-refractivity contribution is 0.171. The van der Waals surface area contributed by atoms with Crippen molar-refractivity contribution in [2.24, 2.45) is 17.8 Å². The summed E-state index contributed by atoms with van der Waals surface area (Å²) in [7, 11) is -3.48. The molecule has 2 aliphatic carbocycles. The van der Waals surface area contributed by atoms with Gasteiger partial charge in [-0.25, -0.2) is 13.1 Å². The van der Waals surface area contributed by atoms with Gasteiger partial charge in [0.25, 0.3) is 0 Å². The van der Waals surface area contributed by atoms with E-state index in [9.17, 15) is 8.42 Å². The van der Waals surface area contributed by atoms with Gasteiger partial charge in [0.05, 0.1) is 4.90 Å². The van der Waals surface area contributed by atoms with E-state index in [1.54, 1.807) is 18.2 Å². The predicted octanol–water partition coefficient (Wildman–Crippen LogP) is 2.17. The zero-order chi connectivity index (χ0) is 15.2. The number of fused-ring (bicyclic) bond motifs is 3. The zero-order valence-electron chi connectivity index (χ0n) is 12.5. The molecule has 1 aliphatic heterocycles. The summed E-state index contributed by atoms with van der Waals surface area (Å²) in [6.07, 6.45) is 5.06. The summed E-state index contributed by atoms with van der Waals surface area (Å²) in [4.78, 5) is 0.250. The second-order valence-electron chi connectivity index (χ2n) is 6.59. The van der Waals surface area contributed by atoms with Crippen molar-refractivity contribution in [1.29, 1.82) is 0 Å². The first-order valence-electron chi connectivity index (χ1n) is 8.01. The third-order valence-electron chi connectivity index (χ3n) is 5.24. The summed E-state index contributed by atoms with van der Waals surface area (Å²) in [5.41, 5.74) is 0. The Morgan fingerprint density at radius 3 is 2.64 bits per heavy atom. The van der Waals surface area contributed by atoms with Crippen LogP contribution >= 0.6 is 0 Å². The Labute approximate surface area is 131 Å². The molecule has 0 aromatic heterocycles. The van der Waals surface area contributed by atoms with E-state index in [1.807, 2.05) is 0 Å². The van der Waals surface area contributed by atoms with Crippen LogP contribution in [0.4, 0.5) is 0 Å². The van der Waals surface area contributed by atoms with Crippen molar-refractivity contribution >= 4 is 10.0 Å². The van der Waals surface area contributed by atoms with Crippen LogP contribution in [0.2, 0.25) is 0 Å². The lowest BCUT2D eigenvalue weighted by Gasteiger charge is -2.22.